The molecule has 32 heavy (non-hydrogen) atoms. The van der Waals surface area contributed by atoms with Crippen LogP contribution in [-0.4, -0.2) is 30.4 Å². The van der Waals surface area contributed by atoms with Crippen molar-refractivity contribution in [1.29, 1.82) is 0 Å². The summed E-state index contributed by atoms with van der Waals surface area (Å²) in [5.74, 6) is 0.585. The lowest BCUT2D eigenvalue weighted by atomic mass is 10.2. The molecular weight excluding hydrogens is 433 g/mol. The zero-order chi connectivity index (χ0) is 22.8. The van der Waals surface area contributed by atoms with Crippen LogP contribution in [0.1, 0.15) is 30.7 Å². The van der Waals surface area contributed by atoms with Gasteiger partial charge in [-0.2, -0.15) is 5.10 Å². The summed E-state index contributed by atoms with van der Waals surface area (Å²) in [7, 11) is 0. The summed E-state index contributed by atoms with van der Waals surface area (Å²) in [6.07, 6.45) is 1.77. The van der Waals surface area contributed by atoms with Crippen molar-refractivity contribution in [3.63, 3.8) is 0 Å². The smallest absolute Gasteiger partial charge is 0.311 e. The SMILES string of the molecule is CCOC(=O)Cc1csc(NN=Cc2ccc(OCc3ccc(F)cc3)c(OCC)c2)n1. The van der Waals surface area contributed by atoms with Crippen LogP contribution in [0.3, 0.4) is 0 Å². The lowest BCUT2D eigenvalue weighted by Gasteiger charge is -2.12. The largest absolute Gasteiger partial charge is 0.490 e. The molecule has 0 unspecified atom stereocenters. The van der Waals surface area contributed by atoms with E-state index < -0.39 is 0 Å². The molecule has 0 radical (unpaired) electrons. The molecule has 1 aromatic heterocycles. The molecule has 0 saturated carbocycles. The average molecular weight is 458 g/mol. The van der Waals surface area contributed by atoms with Gasteiger partial charge in [0.15, 0.2) is 11.5 Å². The second-order valence-electron chi connectivity index (χ2n) is 6.55. The number of benzene rings is 2. The van der Waals surface area contributed by atoms with Crippen LogP contribution in [0, 0.1) is 5.82 Å². The first-order valence-electron chi connectivity index (χ1n) is 10.1. The lowest BCUT2D eigenvalue weighted by Crippen LogP contribution is -2.07. The molecule has 0 aliphatic heterocycles. The number of anilines is 1. The Morgan fingerprint density at radius 1 is 1.12 bits per heavy atom. The van der Waals surface area contributed by atoms with E-state index in [0.717, 1.165) is 11.1 Å². The van der Waals surface area contributed by atoms with E-state index in [4.69, 9.17) is 14.2 Å². The number of esters is 1. The van der Waals surface area contributed by atoms with Crippen molar-refractivity contribution >= 4 is 28.7 Å². The van der Waals surface area contributed by atoms with E-state index >= 15 is 0 Å². The van der Waals surface area contributed by atoms with Crippen molar-refractivity contribution < 1.29 is 23.4 Å². The Balaban J connectivity index is 1.59. The lowest BCUT2D eigenvalue weighted by molar-refractivity contribution is -0.142. The molecule has 168 valence electrons. The van der Waals surface area contributed by atoms with Gasteiger partial charge in [0.05, 0.1) is 31.5 Å². The predicted molar refractivity (Wildman–Crippen MR) is 122 cm³/mol. The van der Waals surface area contributed by atoms with Crippen LogP contribution in [0.15, 0.2) is 52.9 Å². The number of hydrogen-bond acceptors (Lipinski definition) is 8. The van der Waals surface area contributed by atoms with Gasteiger partial charge >= 0.3 is 5.97 Å². The first-order chi connectivity index (χ1) is 15.6. The van der Waals surface area contributed by atoms with E-state index in [1.807, 2.05) is 19.1 Å². The van der Waals surface area contributed by atoms with Gasteiger partial charge in [-0.1, -0.05) is 12.1 Å². The van der Waals surface area contributed by atoms with E-state index in [9.17, 15) is 9.18 Å². The molecule has 0 aliphatic carbocycles. The van der Waals surface area contributed by atoms with Gasteiger partial charge in [0.25, 0.3) is 0 Å². The Labute approximate surface area is 189 Å². The van der Waals surface area contributed by atoms with Crippen molar-refractivity contribution in [3.05, 3.63) is 70.5 Å². The van der Waals surface area contributed by atoms with E-state index in [-0.39, 0.29) is 18.2 Å². The van der Waals surface area contributed by atoms with Crippen molar-refractivity contribution in [2.75, 3.05) is 18.6 Å². The van der Waals surface area contributed by atoms with Crippen molar-refractivity contribution in [3.8, 4) is 11.5 Å². The number of ether oxygens (including phenoxy) is 3. The molecule has 1 heterocycles. The van der Waals surface area contributed by atoms with E-state index in [0.29, 0.717) is 42.1 Å². The van der Waals surface area contributed by atoms with E-state index in [1.54, 1.807) is 36.7 Å². The number of aromatic nitrogens is 1. The number of carbonyl (C=O) groups is 1. The Morgan fingerprint density at radius 3 is 2.69 bits per heavy atom. The van der Waals surface area contributed by atoms with Gasteiger partial charge in [-0.15, -0.1) is 11.3 Å². The Kier molecular flexibility index (Phi) is 8.56. The summed E-state index contributed by atoms with van der Waals surface area (Å²) in [6.45, 7) is 4.78. The number of hydrazone groups is 1. The summed E-state index contributed by atoms with van der Waals surface area (Å²) < 4.78 is 29.5. The maximum absolute atomic E-state index is 13.0. The van der Waals surface area contributed by atoms with Crippen LogP contribution in [0.2, 0.25) is 0 Å². The van der Waals surface area contributed by atoms with Crippen LogP contribution >= 0.6 is 11.3 Å². The van der Waals surface area contributed by atoms with Crippen molar-refractivity contribution in [2.24, 2.45) is 5.10 Å². The normalized spacial score (nSPS) is 10.8. The highest BCUT2D eigenvalue weighted by atomic mass is 32.1. The van der Waals surface area contributed by atoms with Gasteiger partial charge in [0, 0.05) is 5.38 Å². The number of rotatable bonds is 11. The van der Waals surface area contributed by atoms with Crippen LogP contribution in [0.5, 0.6) is 11.5 Å². The summed E-state index contributed by atoms with van der Waals surface area (Å²) >= 11 is 1.35. The Morgan fingerprint density at radius 2 is 1.94 bits per heavy atom. The topological polar surface area (TPSA) is 82.0 Å². The van der Waals surface area contributed by atoms with Crippen molar-refractivity contribution in [1.82, 2.24) is 4.98 Å². The molecule has 2 aromatic carbocycles. The predicted octanol–water partition coefficient (Wildman–Crippen LogP) is 4.81. The van der Waals surface area contributed by atoms with Crippen LogP contribution in [0.25, 0.3) is 0 Å². The average Bonchev–Trinajstić information content (AvgIpc) is 3.21. The van der Waals surface area contributed by atoms with Crippen LogP contribution in [0.4, 0.5) is 9.52 Å². The molecular formula is C23H24FN3O4S. The maximum Gasteiger partial charge on any atom is 0.311 e. The molecule has 0 atom stereocenters. The fourth-order valence-corrected chi connectivity index (χ4v) is 3.35. The highest BCUT2D eigenvalue weighted by Gasteiger charge is 2.09. The second-order valence-corrected chi connectivity index (χ2v) is 7.41. The molecule has 9 heteroatoms. The first kappa shape index (κ1) is 23.2. The fourth-order valence-electron chi connectivity index (χ4n) is 2.70. The van der Waals surface area contributed by atoms with E-state index in [2.05, 4.69) is 15.5 Å². The minimum absolute atomic E-state index is 0.132. The molecule has 7 nitrogen and oxygen atoms in total. The molecule has 3 rings (SSSR count). The first-order valence-corrected chi connectivity index (χ1v) is 11.0. The number of carbonyl (C=O) groups excluding carboxylic acids is 1. The zero-order valence-electron chi connectivity index (χ0n) is 17.8. The number of nitrogens with zero attached hydrogens (tertiary/aromatic N) is 2. The summed E-state index contributed by atoms with van der Waals surface area (Å²) in [5, 5.41) is 6.56. The fraction of sp³-hybridized carbons (Fsp3) is 0.261. The minimum Gasteiger partial charge on any atom is -0.490 e. The maximum atomic E-state index is 13.0. The zero-order valence-corrected chi connectivity index (χ0v) is 18.7. The van der Waals surface area contributed by atoms with Gasteiger partial charge in [0.2, 0.25) is 5.13 Å². The van der Waals surface area contributed by atoms with E-state index in [1.165, 1.54) is 23.5 Å². The molecule has 3 aromatic rings. The third kappa shape index (κ3) is 7.05. The third-order valence-corrected chi connectivity index (χ3v) is 4.93. The minimum atomic E-state index is -0.307. The second kappa shape index (κ2) is 11.8. The third-order valence-electron chi connectivity index (χ3n) is 4.13. The summed E-state index contributed by atoms with van der Waals surface area (Å²) in [4.78, 5) is 15.8. The monoisotopic (exact) mass is 457 g/mol. The Bertz CT molecular complexity index is 1050. The standard InChI is InChI=1S/C23H24FN3O4S/c1-3-29-21-11-17(7-10-20(21)31-14-16-5-8-18(24)9-6-16)13-25-27-23-26-19(15-32-23)12-22(28)30-4-2/h5-11,13,15H,3-4,12,14H2,1-2H3,(H,26,27). The molecule has 1 N–H and O–H groups in total. The van der Waals surface area contributed by atoms with Gasteiger partial charge in [0.1, 0.15) is 12.4 Å². The van der Waals surface area contributed by atoms with Crippen molar-refractivity contribution in [2.45, 2.75) is 26.9 Å². The quantitative estimate of drug-likeness (QED) is 0.253. The summed E-state index contributed by atoms with van der Waals surface area (Å²) in [6, 6.07) is 11.6. The number of hydrogen-bond donors (Lipinski definition) is 1. The highest BCUT2D eigenvalue weighted by molar-refractivity contribution is 7.13. The molecule has 0 fully saturated rings. The summed E-state index contributed by atoms with van der Waals surface area (Å²) in [5.41, 5.74) is 5.15. The molecule has 0 amide bonds. The van der Waals surface area contributed by atoms with Crippen LogP contribution < -0.4 is 14.9 Å². The molecule has 0 saturated heterocycles. The molecule has 0 spiro atoms. The number of thiazole rings is 1. The molecule has 0 bridgehead atoms. The van der Waals surface area contributed by atoms with Gasteiger partial charge in [-0.3, -0.25) is 10.2 Å². The molecule has 0 aliphatic rings. The van der Waals surface area contributed by atoms with Gasteiger partial charge in [-0.05, 0) is 55.3 Å². The van der Waals surface area contributed by atoms with Crippen LogP contribution in [-0.2, 0) is 22.6 Å². The Hall–Kier alpha value is -3.46. The number of nitrogens with one attached hydrogen (secondary N) is 1. The highest BCUT2D eigenvalue weighted by Crippen LogP contribution is 2.29. The van der Waals surface area contributed by atoms with Gasteiger partial charge in [-0.25, -0.2) is 9.37 Å². The van der Waals surface area contributed by atoms with Gasteiger partial charge < -0.3 is 14.2 Å². The number of halogens is 1.